The first-order chi connectivity index (χ1) is 19.1. The number of methoxy groups -OCH3 is 1. The van der Waals surface area contributed by atoms with E-state index in [0.29, 0.717) is 5.95 Å². The van der Waals surface area contributed by atoms with Crippen LogP contribution in [0.25, 0.3) is 22.4 Å². The molecule has 1 aromatic carbocycles. The number of benzene rings is 1. The summed E-state index contributed by atoms with van der Waals surface area (Å²) in [5, 5.41) is 12.9. The number of fused-ring (bicyclic) bond motifs is 3. The van der Waals surface area contributed by atoms with Crippen LogP contribution in [0.4, 0.5) is 11.8 Å². The van der Waals surface area contributed by atoms with E-state index in [9.17, 15) is 0 Å². The van der Waals surface area contributed by atoms with Gasteiger partial charge in [0, 0.05) is 101 Å². The minimum absolute atomic E-state index is 0.252. The molecule has 0 bridgehead atoms. The fourth-order valence-corrected chi connectivity index (χ4v) is 5.71. The number of ether oxygens (including phenoxy) is 1. The van der Waals surface area contributed by atoms with Gasteiger partial charge in [-0.25, -0.2) is 9.97 Å². The Balaban J connectivity index is 1.13. The molecule has 10 heteroatoms. The molecule has 1 fully saturated rings. The lowest BCUT2D eigenvalue weighted by molar-refractivity contribution is 0.0948. The fraction of sp³-hybridized carbons (Fsp3) is 0.448. The SMILES string of the molecule is COCCN1CCN(CCn2ccc(Nc3ncc4c(n3)[C@@H](C)Cc3nn(C)c(-c5ccccc5)c3-4)n2)CC1. The number of aromatic nitrogens is 6. The van der Waals surface area contributed by atoms with E-state index in [1.54, 1.807) is 7.11 Å². The normalized spacial score (nSPS) is 17.7. The first kappa shape index (κ1) is 25.7. The van der Waals surface area contributed by atoms with E-state index >= 15 is 0 Å². The van der Waals surface area contributed by atoms with E-state index < -0.39 is 0 Å². The number of hydrogen-bond acceptors (Lipinski definition) is 8. The summed E-state index contributed by atoms with van der Waals surface area (Å²) in [7, 11) is 3.78. The molecule has 0 amide bonds. The van der Waals surface area contributed by atoms with Crippen molar-refractivity contribution in [2.45, 2.75) is 25.8 Å². The first-order valence-electron chi connectivity index (χ1n) is 13.8. The largest absolute Gasteiger partial charge is 0.383 e. The zero-order valence-corrected chi connectivity index (χ0v) is 23.0. The quantitative estimate of drug-likeness (QED) is 0.354. The Hall–Kier alpha value is -3.60. The van der Waals surface area contributed by atoms with Crippen LogP contribution in [0.2, 0.25) is 0 Å². The summed E-state index contributed by atoms with van der Waals surface area (Å²) in [6.07, 6.45) is 4.82. The first-order valence-corrected chi connectivity index (χ1v) is 13.8. The van der Waals surface area contributed by atoms with Crippen LogP contribution in [0, 0.1) is 0 Å². The van der Waals surface area contributed by atoms with Crippen molar-refractivity contribution in [1.29, 1.82) is 0 Å². The maximum Gasteiger partial charge on any atom is 0.228 e. The Kier molecular flexibility index (Phi) is 7.40. The standard InChI is InChI=1S/C29H37N9O/c1-21-19-24-26(28(35(2)33-24)22-7-5-4-6-8-22)23-20-30-29(32-27(21)23)31-25-9-10-38(34-25)16-15-36-11-13-37(14-12-36)17-18-39-3/h4-10,20-21H,11-19H2,1-3H3,(H,30,31,32,34)/t21-/m0/s1. The number of nitrogens with zero attached hydrogens (tertiary/aromatic N) is 8. The van der Waals surface area contributed by atoms with Crippen LogP contribution in [0.3, 0.4) is 0 Å². The molecule has 1 atom stereocenters. The third-order valence-corrected chi connectivity index (χ3v) is 7.82. The molecule has 1 aliphatic heterocycles. The Morgan fingerprint density at radius 1 is 0.974 bits per heavy atom. The highest BCUT2D eigenvalue weighted by molar-refractivity contribution is 5.85. The summed E-state index contributed by atoms with van der Waals surface area (Å²) in [5.41, 5.74) is 6.62. The zero-order valence-electron chi connectivity index (χ0n) is 23.0. The predicted molar refractivity (Wildman–Crippen MR) is 152 cm³/mol. The summed E-state index contributed by atoms with van der Waals surface area (Å²) in [4.78, 5) is 14.6. The van der Waals surface area contributed by atoms with Crippen molar-refractivity contribution in [3.8, 4) is 22.4 Å². The van der Waals surface area contributed by atoms with Crippen molar-refractivity contribution in [3.63, 3.8) is 0 Å². The van der Waals surface area contributed by atoms with Crippen LogP contribution < -0.4 is 5.32 Å². The van der Waals surface area contributed by atoms with Gasteiger partial charge < -0.3 is 10.1 Å². The molecule has 6 rings (SSSR count). The minimum atomic E-state index is 0.252. The molecule has 0 spiro atoms. The van der Waals surface area contributed by atoms with E-state index in [2.05, 4.69) is 46.3 Å². The molecule has 2 aliphatic rings. The number of hydrogen-bond donors (Lipinski definition) is 1. The Labute approximate surface area is 229 Å². The smallest absolute Gasteiger partial charge is 0.228 e. The van der Waals surface area contributed by atoms with E-state index in [1.807, 2.05) is 40.9 Å². The summed E-state index contributed by atoms with van der Waals surface area (Å²) < 4.78 is 9.19. The molecular weight excluding hydrogens is 490 g/mol. The highest BCUT2D eigenvalue weighted by atomic mass is 16.5. The molecule has 1 aliphatic carbocycles. The lowest BCUT2D eigenvalue weighted by atomic mass is 9.85. The average molecular weight is 528 g/mol. The molecule has 4 aromatic rings. The highest BCUT2D eigenvalue weighted by Gasteiger charge is 2.30. The van der Waals surface area contributed by atoms with Gasteiger partial charge in [-0.05, 0) is 0 Å². The van der Waals surface area contributed by atoms with Gasteiger partial charge >= 0.3 is 0 Å². The van der Waals surface area contributed by atoms with E-state index in [0.717, 1.165) is 98.4 Å². The molecule has 10 nitrogen and oxygen atoms in total. The predicted octanol–water partition coefficient (Wildman–Crippen LogP) is 3.41. The van der Waals surface area contributed by atoms with Gasteiger partial charge in [-0.15, -0.1) is 0 Å². The lowest BCUT2D eigenvalue weighted by Gasteiger charge is -2.34. The molecule has 4 heterocycles. The Morgan fingerprint density at radius 3 is 2.51 bits per heavy atom. The molecule has 3 aromatic heterocycles. The van der Waals surface area contributed by atoms with Gasteiger partial charge in [-0.1, -0.05) is 37.3 Å². The minimum Gasteiger partial charge on any atom is -0.383 e. The van der Waals surface area contributed by atoms with Crippen molar-refractivity contribution in [2.24, 2.45) is 7.05 Å². The summed E-state index contributed by atoms with van der Waals surface area (Å²) >= 11 is 0. The molecule has 39 heavy (non-hydrogen) atoms. The lowest BCUT2D eigenvalue weighted by Crippen LogP contribution is -2.47. The van der Waals surface area contributed by atoms with Crippen molar-refractivity contribution >= 4 is 11.8 Å². The Bertz CT molecular complexity index is 1410. The van der Waals surface area contributed by atoms with E-state index in [1.165, 1.54) is 0 Å². The summed E-state index contributed by atoms with van der Waals surface area (Å²) in [5.74, 6) is 1.59. The van der Waals surface area contributed by atoms with Crippen LogP contribution in [0.15, 0.2) is 48.8 Å². The van der Waals surface area contributed by atoms with Crippen LogP contribution in [0.1, 0.15) is 24.2 Å². The zero-order chi connectivity index (χ0) is 26.8. The number of rotatable bonds is 9. The van der Waals surface area contributed by atoms with Crippen molar-refractivity contribution in [1.82, 2.24) is 39.3 Å². The molecule has 0 radical (unpaired) electrons. The van der Waals surface area contributed by atoms with Crippen molar-refractivity contribution in [2.75, 3.05) is 58.3 Å². The fourth-order valence-electron chi connectivity index (χ4n) is 5.71. The molecule has 0 unspecified atom stereocenters. The van der Waals surface area contributed by atoms with Gasteiger partial charge in [0.2, 0.25) is 5.95 Å². The Morgan fingerprint density at radius 2 is 1.74 bits per heavy atom. The molecule has 1 N–H and O–H groups in total. The van der Waals surface area contributed by atoms with Crippen molar-refractivity contribution < 1.29 is 4.74 Å². The molecule has 0 saturated carbocycles. The number of aryl methyl sites for hydroxylation is 1. The van der Waals surface area contributed by atoms with E-state index in [4.69, 9.17) is 24.9 Å². The summed E-state index contributed by atoms with van der Waals surface area (Å²) in [6.45, 7) is 10.2. The van der Waals surface area contributed by atoms with Crippen molar-refractivity contribution in [3.05, 3.63) is 60.2 Å². The third-order valence-electron chi connectivity index (χ3n) is 7.82. The van der Waals surface area contributed by atoms with Crippen LogP contribution in [-0.2, 0) is 24.8 Å². The van der Waals surface area contributed by atoms with Gasteiger partial charge in [0.25, 0.3) is 0 Å². The van der Waals surface area contributed by atoms with Gasteiger partial charge in [0.05, 0.1) is 30.2 Å². The molecule has 1 saturated heterocycles. The molecular formula is C29H37N9O. The van der Waals surface area contributed by atoms with E-state index in [-0.39, 0.29) is 5.92 Å². The monoisotopic (exact) mass is 527 g/mol. The second-order valence-electron chi connectivity index (χ2n) is 10.5. The summed E-state index contributed by atoms with van der Waals surface area (Å²) in [6, 6.07) is 12.4. The van der Waals surface area contributed by atoms with Gasteiger partial charge in [0.15, 0.2) is 5.82 Å². The van der Waals surface area contributed by atoms with Gasteiger partial charge in [-0.3, -0.25) is 19.2 Å². The second kappa shape index (κ2) is 11.3. The van der Waals surface area contributed by atoms with Crippen LogP contribution in [0.5, 0.6) is 0 Å². The maximum atomic E-state index is 5.21. The topological polar surface area (TPSA) is 89.2 Å². The average Bonchev–Trinajstić information content (AvgIpc) is 3.55. The maximum absolute atomic E-state index is 5.21. The van der Waals surface area contributed by atoms with Crippen LogP contribution in [-0.4, -0.2) is 92.3 Å². The van der Waals surface area contributed by atoms with Gasteiger partial charge in [0.1, 0.15) is 0 Å². The number of anilines is 2. The highest BCUT2D eigenvalue weighted by Crippen LogP contribution is 2.43. The molecule has 204 valence electrons. The second-order valence-corrected chi connectivity index (χ2v) is 10.5. The van der Waals surface area contributed by atoms with Gasteiger partial charge in [-0.2, -0.15) is 10.2 Å². The number of nitrogens with one attached hydrogen (secondary N) is 1. The number of piperazine rings is 1. The third kappa shape index (κ3) is 5.45. The van der Waals surface area contributed by atoms with Crippen LogP contribution >= 0.6 is 0 Å².